The van der Waals surface area contributed by atoms with Crippen LogP contribution >= 0.6 is 0 Å². The summed E-state index contributed by atoms with van der Waals surface area (Å²) in [5.41, 5.74) is -1.35. The van der Waals surface area contributed by atoms with Crippen LogP contribution in [0.25, 0.3) is 0 Å². The number of alkyl halides is 3. The Morgan fingerprint density at radius 2 is 1.67 bits per heavy atom. The topological polar surface area (TPSA) is 62.1 Å². The molecule has 0 spiro atoms. The zero-order chi connectivity index (χ0) is 24.4. The maximum atomic E-state index is 13.6. The number of amides is 1. The van der Waals surface area contributed by atoms with Crippen LogP contribution < -0.4 is 4.74 Å². The van der Waals surface area contributed by atoms with Gasteiger partial charge >= 0.3 is 6.18 Å². The van der Waals surface area contributed by atoms with Crippen LogP contribution in [0, 0.1) is 5.92 Å². The molecule has 0 aromatic heterocycles. The lowest BCUT2D eigenvalue weighted by molar-refractivity contribution is -0.302. The summed E-state index contributed by atoms with van der Waals surface area (Å²) in [7, 11) is 0. The lowest BCUT2D eigenvalue weighted by Crippen LogP contribution is -2.57. The number of aliphatic hydroxyl groups is 1. The van der Waals surface area contributed by atoms with Gasteiger partial charge in [0.15, 0.2) is 6.61 Å². The summed E-state index contributed by atoms with van der Waals surface area (Å²) in [6.07, 6.45) is -5.55. The van der Waals surface area contributed by atoms with Gasteiger partial charge in [0.25, 0.3) is 11.6 Å². The van der Waals surface area contributed by atoms with E-state index in [0.29, 0.717) is 5.75 Å². The van der Waals surface area contributed by atoms with E-state index in [-0.39, 0.29) is 28.5 Å². The van der Waals surface area contributed by atoms with E-state index in [0.717, 1.165) is 11.1 Å². The second-order valence-electron chi connectivity index (χ2n) is 9.26. The van der Waals surface area contributed by atoms with Gasteiger partial charge in [-0.15, -0.1) is 0 Å². The molecule has 0 aliphatic carbocycles. The molecule has 3 rings (SSSR count). The number of hydrazone groups is 1. The molecule has 178 valence electrons. The highest BCUT2D eigenvalue weighted by molar-refractivity contribution is 5.91. The summed E-state index contributed by atoms with van der Waals surface area (Å²) >= 11 is 0. The fourth-order valence-electron chi connectivity index (χ4n) is 3.88. The van der Waals surface area contributed by atoms with Crippen molar-refractivity contribution in [2.24, 2.45) is 11.0 Å². The van der Waals surface area contributed by atoms with Crippen molar-refractivity contribution in [3.63, 3.8) is 0 Å². The van der Waals surface area contributed by atoms with Crippen molar-refractivity contribution >= 4 is 11.6 Å². The number of carbonyl (C=O) groups is 1. The number of benzene rings is 2. The second kappa shape index (κ2) is 9.17. The highest BCUT2D eigenvalue weighted by atomic mass is 19.4. The first-order chi connectivity index (χ1) is 15.3. The SMILES string of the molecule is CC(C)CC1=NN(C(=O)COc2ccc(C(C)(C)c3ccccc3)cc2)C(O)(C(F)(F)F)C1. The minimum Gasteiger partial charge on any atom is -0.484 e. The molecule has 1 heterocycles. The van der Waals surface area contributed by atoms with E-state index in [1.54, 1.807) is 12.1 Å². The van der Waals surface area contributed by atoms with Gasteiger partial charge in [-0.05, 0) is 35.6 Å². The van der Waals surface area contributed by atoms with Gasteiger partial charge < -0.3 is 9.84 Å². The van der Waals surface area contributed by atoms with Crippen molar-refractivity contribution in [1.29, 1.82) is 0 Å². The number of nitrogens with zero attached hydrogens (tertiary/aromatic N) is 2. The largest absolute Gasteiger partial charge is 0.484 e. The first-order valence-electron chi connectivity index (χ1n) is 10.8. The van der Waals surface area contributed by atoms with Crippen molar-refractivity contribution < 1.29 is 27.8 Å². The number of halogens is 3. The van der Waals surface area contributed by atoms with Gasteiger partial charge in [0.1, 0.15) is 5.75 Å². The lowest BCUT2D eigenvalue weighted by atomic mass is 9.78. The van der Waals surface area contributed by atoms with Crippen LogP contribution in [0.3, 0.4) is 0 Å². The molecule has 1 unspecified atom stereocenters. The molecular formula is C25H29F3N2O3. The lowest BCUT2D eigenvalue weighted by Gasteiger charge is -2.32. The Bertz CT molecular complexity index is 1000. The number of hydrogen-bond donors (Lipinski definition) is 1. The fourth-order valence-corrected chi connectivity index (χ4v) is 3.88. The Labute approximate surface area is 191 Å². The van der Waals surface area contributed by atoms with Gasteiger partial charge in [0.05, 0.1) is 0 Å². The molecule has 1 amide bonds. The second-order valence-corrected chi connectivity index (χ2v) is 9.26. The van der Waals surface area contributed by atoms with Gasteiger partial charge in [0, 0.05) is 17.5 Å². The molecule has 0 radical (unpaired) electrons. The molecule has 0 saturated heterocycles. The normalized spacial score (nSPS) is 19.1. The van der Waals surface area contributed by atoms with Crippen molar-refractivity contribution in [2.75, 3.05) is 6.61 Å². The van der Waals surface area contributed by atoms with E-state index in [1.165, 1.54) is 0 Å². The quantitative estimate of drug-likeness (QED) is 0.609. The molecule has 5 nitrogen and oxygen atoms in total. The molecular weight excluding hydrogens is 433 g/mol. The maximum Gasteiger partial charge on any atom is 0.438 e. The van der Waals surface area contributed by atoms with Crippen LogP contribution in [-0.2, 0) is 10.2 Å². The molecule has 2 aromatic rings. The van der Waals surface area contributed by atoms with E-state index in [4.69, 9.17) is 4.74 Å². The summed E-state index contributed by atoms with van der Waals surface area (Å²) in [6, 6.07) is 17.0. The van der Waals surface area contributed by atoms with Gasteiger partial charge in [-0.25, -0.2) is 0 Å². The van der Waals surface area contributed by atoms with Gasteiger partial charge in [-0.2, -0.15) is 23.3 Å². The number of carbonyl (C=O) groups excluding carboxylic acids is 1. The average Bonchev–Trinajstić information content (AvgIpc) is 3.09. The third kappa shape index (κ3) is 5.21. The Balaban J connectivity index is 1.71. The molecule has 1 N–H and O–H groups in total. The van der Waals surface area contributed by atoms with Crippen LogP contribution in [-0.4, -0.2) is 40.2 Å². The first-order valence-corrected chi connectivity index (χ1v) is 10.8. The zero-order valence-corrected chi connectivity index (χ0v) is 19.2. The molecule has 0 fully saturated rings. The van der Waals surface area contributed by atoms with Gasteiger partial charge in [-0.1, -0.05) is 70.2 Å². The van der Waals surface area contributed by atoms with Crippen LogP contribution in [0.4, 0.5) is 13.2 Å². The smallest absolute Gasteiger partial charge is 0.438 e. The Kier molecular flexibility index (Phi) is 6.88. The highest BCUT2D eigenvalue weighted by Crippen LogP contribution is 2.41. The summed E-state index contributed by atoms with van der Waals surface area (Å²) in [5, 5.41) is 14.2. The summed E-state index contributed by atoms with van der Waals surface area (Å²) in [6.45, 7) is 7.13. The van der Waals surface area contributed by atoms with Crippen molar-refractivity contribution in [1.82, 2.24) is 5.01 Å². The van der Waals surface area contributed by atoms with Gasteiger partial charge in [0.2, 0.25) is 0 Å². The van der Waals surface area contributed by atoms with E-state index in [1.807, 2.05) is 56.3 Å². The Morgan fingerprint density at radius 3 is 2.21 bits per heavy atom. The zero-order valence-electron chi connectivity index (χ0n) is 19.2. The fraction of sp³-hybridized carbons (Fsp3) is 0.440. The monoisotopic (exact) mass is 462 g/mol. The van der Waals surface area contributed by atoms with Crippen molar-refractivity contribution in [3.05, 3.63) is 65.7 Å². The molecule has 8 heteroatoms. The number of hydrogen-bond acceptors (Lipinski definition) is 4. The molecule has 1 aliphatic rings. The van der Waals surface area contributed by atoms with Crippen molar-refractivity contribution in [2.45, 2.75) is 57.9 Å². The molecule has 1 aliphatic heterocycles. The molecule has 33 heavy (non-hydrogen) atoms. The first kappa shape index (κ1) is 24.8. The maximum absolute atomic E-state index is 13.6. The molecule has 0 saturated carbocycles. The molecule has 1 atom stereocenters. The predicted molar refractivity (Wildman–Crippen MR) is 120 cm³/mol. The van der Waals surface area contributed by atoms with Crippen LogP contribution in [0.1, 0.15) is 51.7 Å². The van der Waals surface area contributed by atoms with E-state index >= 15 is 0 Å². The molecule has 2 aromatic carbocycles. The van der Waals surface area contributed by atoms with E-state index in [9.17, 15) is 23.1 Å². The third-order valence-electron chi connectivity index (χ3n) is 5.81. The summed E-state index contributed by atoms with van der Waals surface area (Å²) in [4.78, 5) is 12.6. The summed E-state index contributed by atoms with van der Waals surface area (Å²) < 4.78 is 46.1. The predicted octanol–water partition coefficient (Wildman–Crippen LogP) is 5.28. The van der Waals surface area contributed by atoms with E-state index < -0.39 is 30.8 Å². The van der Waals surface area contributed by atoms with E-state index in [2.05, 4.69) is 18.9 Å². The molecule has 0 bridgehead atoms. The highest BCUT2D eigenvalue weighted by Gasteiger charge is 2.63. The van der Waals surface area contributed by atoms with Crippen LogP contribution in [0.5, 0.6) is 5.75 Å². The standard InChI is InChI=1S/C25H29F3N2O3/c1-17(2)14-20-15-24(32,25(26,27)28)30(29-20)22(31)16-33-21-12-10-19(11-13-21)23(3,4)18-8-6-5-7-9-18/h5-13,17,32H,14-16H2,1-4H3. The minimum atomic E-state index is -5.05. The third-order valence-corrected chi connectivity index (χ3v) is 5.81. The van der Waals surface area contributed by atoms with Gasteiger partial charge in [-0.3, -0.25) is 4.79 Å². The van der Waals surface area contributed by atoms with Crippen LogP contribution in [0.2, 0.25) is 0 Å². The number of ether oxygens (including phenoxy) is 1. The van der Waals surface area contributed by atoms with Crippen LogP contribution in [0.15, 0.2) is 59.7 Å². The summed E-state index contributed by atoms with van der Waals surface area (Å²) in [5.74, 6) is -0.703. The Morgan fingerprint density at radius 1 is 1.09 bits per heavy atom. The Hall–Kier alpha value is -2.87. The minimum absolute atomic E-state index is 0.0335. The van der Waals surface area contributed by atoms with Crippen molar-refractivity contribution in [3.8, 4) is 5.75 Å². The average molecular weight is 463 g/mol. The number of rotatable bonds is 7.